The number of halogens is 1. The number of ether oxygens (including phenoxy) is 1. The number of alkyl carbamates (subject to hydrolysis) is 1. The van der Waals surface area contributed by atoms with Gasteiger partial charge in [0.15, 0.2) is 0 Å². The van der Waals surface area contributed by atoms with Crippen LogP contribution in [0.3, 0.4) is 0 Å². The molecule has 0 spiro atoms. The van der Waals surface area contributed by atoms with Crippen molar-refractivity contribution in [1.29, 1.82) is 0 Å². The number of carboxylic acid groups (broad SMARTS) is 1. The van der Waals surface area contributed by atoms with Crippen molar-refractivity contribution >= 4 is 12.1 Å². The molecule has 0 aliphatic rings. The molecule has 0 heterocycles. The molecule has 0 saturated carbocycles. The fraction of sp³-hybridized carbons (Fsp3) is 0.333. The summed E-state index contributed by atoms with van der Waals surface area (Å²) < 4.78 is 17.3. The van der Waals surface area contributed by atoms with Gasteiger partial charge in [-0.2, -0.15) is 0 Å². The molecular formula is C12H14FNO4. The van der Waals surface area contributed by atoms with E-state index in [-0.39, 0.29) is 13.0 Å². The van der Waals surface area contributed by atoms with E-state index >= 15 is 0 Å². The number of carbonyl (C=O) groups is 2. The molecule has 0 radical (unpaired) electrons. The molecule has 1 atom stereocenters. The van der Waals surface area contributed by atoms with Gasteiger partial charge in [0.1, 0.15) is 11.9 Å². The molecule has 0 saturated heterocycles. The lowest BCUT2D eigenvalue weighted by atomic mass is 10.1. The molecule has 1 aromatic carbocycles. The summed E-state index contributed by atoms with van der Waals surface area (Å²) in [6.07, 6.45) is -0.721. The average molecular weight is 255 g/mol. The molecule has 0 aliphatic heterocycles. The van der Waals surface area contributed by atoms with Crippen molar-refractivity contribution in [2.45, 2.75) is 19.4 Å². The first kappa shape index (κ1) is 14.0. The molecule has 1 aromatic rings. The monoisotopic (exact) mass is 255 g/mol. The highest BCUT2D eigenvalue weighted by molar-refractivity contribution is 5.80. The highest BCUT2D eigenvalue weighted by Gasteiger charge is 2.20. The van der Waals surface area contributed by atoms with Gasteiger partial charge in [-0.05, 0) is 24.6 Å². The van der Waals surface area contributed by atoms with Gasteiger partial charge in [-0.3, -0.25) is 0 Å². The molecule has 0 aromatic heterocycles. The molecule has 6 heteroatoms. The molecule has 0 bridgehead atoms. The SMILES string of the molecule is CCOC(=O)N[C@@H](Cc1ccc(F)cc1)C(=O)O. The van der Waals surface area contributed by atoms with Crippen LogP contribution in [0.4, 0.5) is 9.18 Å². The van der Waals surface area contributed by atoms with Crippen molar-refractivity contribution in [3.8, 4) is 0 Å². The molecule has 0 unspecified atom stereocenters. The maximum absolute atomic E-state index is 12.7. The Hall–Kier alpha value is -2.11. The molecule has 5 nitrogen and oxygen atoms in total. The zero-order chi connectivity index (χ0) is 13.5. The van der Waals surface area contributed by atoms with Crippen LogP contribution in [0.25, 0.3) is 0 Å². The number of benzene rings is 1. The second-order valence-electron chi connectivity index (χ2n) is 3.59. The van der Waals surface area contributed by atoms with Crippen molar-refractivity contribution < 1.29 is 23.8 Å². The van der Waals surface area contributed by atoms with E-state index in [1.54, 1.807) is 6.92 Å². The number of carboxylic acids is 1. The van der Waals surface area contributed by atoms with Crippen LogP contribution >= 0.6 is 0 Å². The van der Waals surface area contributed by atoms with Gasteiger partial charge in [0.2, 0.25) is 0 Å². The third-order valence-corrected chi connectivity index (χ3v) is 2.22. The first-order chi connectivity index (χ1) is 8.52. The summed E-state index contributed by atoms with van der Waals surface area (Å²) in [5.41, 5.74) is 0.612. The molecule has 0 aliphatic carbocycles. The lowest BCUT2D eigenvalue weighted by molar-refractivity contribution is -0.139. The van der Waals surface area contributed by atoms with E-state index in [9.17, 15) is 14.0 Å². The van der Waals surface area contributed by atoms with Gasteiger partial charge in [0.05, 0.1) is 6.61 Å². The number of hydrogen-bond donors (Lipinski definition) is 2. The predicted molar refractivity (Wildman–Crippen MR) is 61.7 cm³/mol. The second-order valence-corrected chi connectivity index (χ2v) is 3.59. The van der Waals surface area contributed by atoms with E-state index in [0.29, 0.717) is 5.56 Å². The van der Waals surface area contributed by atoms with Gasteiger partial charge in [-0.1, -0.05) is 12.1 Å². The van der Waals surface area contributed by atoms with Gasteiger partial charge in [-0.25, -0.2) is 14.0 Å². The van der Waals surface area contributed by atoms with Crippen LogP contribution in [0.15, 0.2) is 24.3 Å². The Bertz CT molecular complexity index is 419. The summed E-state index contributed by atoms with van der Waals surface area (Å²) in [6, 6.07) is 4.31. The number of aliphatic carboxylic acids is 1. The van der Waals surface area contributed by atoms with Gasteiger partial charge >= 0.3 is 12.1 Å². The highest BCUT2D eigenvalue weighted by Crippen LogP contribution is 2.06. The summed E-state index contributed by atoms with van der Waals surface area (Å²) in [7, 11) is 0. The number of amides is 1. The van der Waals surface area contributed by atoms with Crippen molar-refractivity contribution in [3.05, 3.63) is 35.6 Å². The lowest BCUT2D eigenvalue weighted by Gasteiger charge is -2.14. The zero-order valence-electron chi connectivity index (χ0n) is 9.85. The van der Waals surface area contributed by atoms with Gasteiger partial charge in [0.25, 0.3) is 0 Å². The summed E-state index contributed by atoms with van der Waals surface area (Å²) >= 11 is 0. The van der Waals surface area contributed by atoms with Gasteiger partial charge in [-0.15, -0.1) is 0 Å². The van der Waals surface area contributed by atoms with Crippen molar-refractivity contribution in [2.75, 3.05) is 6.61 Å². The Kier molecular flexibility index (Phi) is 5.10. The molecule has 1 amide bonds. The standard InChI is InChI=1S/C12H14FNO4/c1-2-18-12(17)14-10(11(15)16)7-8-3-5-9(13)6-4-8/h3-6,10H,2,7H2,1H3,(H,14,17)(H,15,16)/t10-/m0/s1. The smallest absolute Gasteiger partial charge is 0.407 e. The molecule has 1 rings (SSSR count). The maximum atomic E-state index is 12.7. The normalized spacial score (nSPS) is 11.7. The largest absolute Gasteiger partial charge is 0.480 e. The zero-order valence-corrected chi connectivity index (χ0v) is 9.85. The number of nitrogens with one attached hydrogen (secondary N) is 1. The van der Waals surface area contributed by atoms with E-state index in [2.05, 4.69) is 10.1 Å². The highest BCUT2D eigenvalue weighted by atomic mass is 19.1. The third-order valence-electron chi connectivity index (χ3n) is 2.22. The first-order valence-electron chi connectivity index (χ1n) is 5.43. The van der Waals surface area contributed by atoms with Crippen LogP contribution in [-0.4, -0.2) is 29.8 Å². The van der Waals surface area contributed by atoms with Crippen LogP contribution in [0.2, 0.25) is 0 Å². The van der Waals surface area contributed by atoms with E-state index in [1.165, 1.54) is 24.3 Å². The second kappa shape index (κ2) is 6.58. The minimum Gasteiger partial charge on any atom is -0.480 e. The molecule has 2 N–H and O–H groups in total. The maximum Gasteiger partial charge on any atom is 0.407 e. The van der Waals surface area contributed by atoms with Crippen LogP contribution in [0.1, 0.15) is 12.5 Å². The van der Waals surface area contributed by atoms with E-state index < -0.39 is 23.9 Å². The van der Waals surface area contributed by atoms with E-state index in [1.807, 2.05) is 0 Å². The Morgan fingerprint density at radius 1 is 1.39 bits per heavy atom. The Balaban J connectivity index is 2.65. The van der Waals surface area contributed by atoms with Crippen LogP contribution in [-0.2, 0) is 16.0 Å². The predicted octanol–water partition coefficient (Wildman–Crippen LogP) is 1.57. The van der Waals surface area contributed by atoms with E-state index in [4.69, 9.17) is 5.11 Å². The van der Waals surface area contributed by atoms with Gasteiger partial charge in [0, 0.05) is 6.42 Å². The number of hydrogen-bond acceptors (Lipinski definition) is 3. The van der Waals surface area contributed by atoms with Crippen LogP contribution < -0.4 is 5.32 Å². The number of carbonyl (C=O) groups excluding carboxylic acids is 1. The summed E-state index contributed by atoms with van der Waals surface area (Å²) in [5, 5.41) is 11.2. The Morgan fingerprint density at radius 3 is 2.50 bits per heavy atom. The number of rotatable bonds is 5. The summed E-state index contributed by atoms with van der Waals surface area (Å²) in [5.74, 6) is -1.57. The quantitative estimate of drug-likeness (QED) is 0.837. The van der Waals surface area contributed by atoms with Crippen LogP contribution in [0.5, 0.6) is 0 Å². The third kappa shape index (κ3) is 4.40. The lowest BCUT2D eigenvalue weighted by Crippen LogP contribution is -2.42. The molecule has 98 valence electrons. The molecular weight excluding hydrogens is 241 g/mol. The summed E-state index contributed by atoms with van der Waals surface area (Å²) in [4.78, 5) is 22.1. The van der Waals surface area contributed by atoms with Gasteiger partial charge < -0.3 is 15.2 Å². The average Bonchev–Trinajstić information content (AvgIpc) is 2.31. The minimum absolute atomic E-state index is 0.0639. The van der Waals surface area contributed by atoms with Crippen molar-refractivity contribution in [1.82, 2.24) is 5.32 Å². The van der Waals surface area contributed by atoms with Crippen LogP contribution in [0, 0.1) is 5.82 Å². The Labute approximate surface area is 104 Å². The minimum atomic E-state index is -1.17. The molecule has 18 heavy (non-hydrogen) atoms. The van der Waals surface area contributed by atoms with Crippen molar-refractivity contribution in [3.63, 3.8) is 0 Å². The summed E-state index contributed by atoms with van der Waals surface area (Å²) in [6.45, 7) is 1.78. The topological polar surface area (TPSA) is 75.6 Å². The fourth-order valence-corrected chi connectivity index (χ4v) is 1.37. The Morgan fingerprint density at radius 2 is 2.00 bits per heavy atom. The molecule has 0 fully saturated rings. The first-order valence-corrected chi connectivity index (χ1v) is 5.43. The van der Waals surface area contributed by atoms with E-state index in [0.717, 1.165) is 0 Å². The van der Waals surface area contributed by atoms with Crippen molar-refractivity contribution in [2.24, 2.45) is 0 Å². The fourth-order valence-electron chi connectivity index (χ4n) is 1.37.